The Hall–Kier alpha value is 0.0200. The molecule has 3 unspecified atom stereocenters. The van der Waals surface area contributed by atoms with E-state index in [2.05, 4.69) is 6.92 Å². The van der Waals surface area contributed by atoms with Crippen LogP contribution in [0.2, 0.25) is 0 Å². The van der Waals surface area contributed by atoms with Crippen LogP contribution in [0.15, 0.2) is 0 Å². The topological polar surface area (TPSA) is 17.1 Å². The van der Waals surface area contributed by atoms with Crippen LogP contribution in [0.1, 0.15) is 26.2 Å². The number of rotatable bonds is 3. The van der Waals surface area contributed by atoms with Gasteiger partial charge in [-0.25, -0.2) is 0 Å². The van der Waals surface area contributed by atoms with Crippen LogP contribution in [-0.2, 0) is 4.79 Å². The van der Waals surface area contributed by atoms with Crippen molar-refractivity contribution in [1.29, 1.82) is 0 Å². The number of hydrogen-bond acceptors (Lipinski definition) is 2. The van der Waals surface area contributed by atoms with Crippen molar-refractivity contribution in [2.45, 2.75) is 26.2 Å². The molecule has 0 N–H and O–H groups in total. The molecule has 1 nitrogen and oxygen atoms in total. The maximum atomic E-state index is 11.7. The van der Waals surface area contributed by atoms with Crippen molar-refractivity contribution in [3.63, 3.8) is 0 Å². The Bertz CT molecular complexity index is 190. The molecule has 68 valence electrons. The third kappa shape index (κ3) is 1.30. The van der Waals surface area contributed by atoms with Crippen LogP contribution >= 0.6 is 11.8 Å². The Morgan fingerprint density at radius 1 is 1.50 bits per heavy atom. The molecular weight excluding hydrogens is 168 g/mol. The number of Topliss-reactive ketones (excluding diaryl/α,β-unsaturated/α-hetero) is 1. The predicted octanol–water partition coefficient (Wildman–Crippen LogP) is 2.35. The minimum absolute atomic E-state index is 0.439. The van der Waals surface area contributed by atoms with Gasteiger partial charge in [0.05, 0.1) is 0 Å². The van der Waals surface area contributed by atoms with Crippen LogP contribution in [0, 0.1) is 17.8 Å². The van der Waals surface area contributed by atoms with Crippen LogP contribution in [0.4, 0.5) is 0 Å². The molecule has 2 heteroatoms. The van der Waals surface area contributed by atoms with Gasteiger partial charge in [0, 0.05) is 17.6 Å². The van der Waals surface area contributed by atoms with Gasteiger partial charge in [0.25, 0.3) is 0 Å². The SMILES string of the molecule is CCSCC1C(=O)C2CCC1C2. The standard InChI is InChI=1S/C10H16OS/c1-2-12-6-9-7-3-4-8(5-7)10(9)11/h7-9H,2-6H2,1H3. The van der Waals surface area contributed by atoms with E-state index in [-0.39, 0.29) is 0 Å². The van der Waals surface area contributed by atoms with Gasteiger partial charge in [-0.1, -0.05) is 6.92 Å². The summed E-state index contributed by atoms with van der Waals surface area (Å²) in [6, 6.07) is 0. The zero-order valence-electron chi connectivity index (χ0n) is 7.58. The molecule has 12 heavy (non-hydrogen) atoms. The average Bonchev–Trinajstić information content (AvgIpc) is 2.62. The van der Waals surface area contributed by atoms with Gasteiger partial charge >= 0.3 is 0 Å². The van der Waals surface area contributed by atoms with Crippen LogP contribution in [0.25, 0.3) is 0 Å². The summed E-state index contributed by atoms with van der Waals surface area (Å²) in [4.78, 5) is 11.7. The predicted molar refractivity (Wildman–Crippen MR) is 52.3 cm³/mol. The second-order valence-electron chi connectivity index (χ2n) is 3.94. The Labute approximate surface area is 78.3 Å². The lowest BCUT2D eigenvalue weighted by molar-refractivity contribution is -0.125. The lowest BCUT2D eigenvalue weighted by Gasteiger charge is -2.19. The highest BCUT2D eigenvalue weighted by Crippen LogP contribution is 2.46. The number of thioether (sulfide) groups is 1. The molecule has 0 spiro atoms. The van der Waals surface area contributed by atoms with Crippen molar-refractivity contribution in [2.24, 2.45) is 17.8 Å². The molecular formula is C10H16OS. The molecule has 2 bridgehead atoms. The van der Waals surface area contributed by atoms with Crippen molar-refractivity contribution in [3.8, 4) is 0 Å². The summed E-state index contributed by atoms with van der Waals surface area (Å²) in [6.45, 7) is 2.17. The first-order chi connectivity index (χ1) is 5.83. The first kappa shape index (κ1) is 8.61. The van der Waals surface area contributed by atoms with Gasteiger partial charge in [-0.05, 0) is 30.9 Å². The van der Waals surface area contributed by atoms with Gasteiger partial charge in [-0.3, -0.25) is 4.79 Å². The van der Waals surface area contributed by atoms with Crippen molar-refractivity contribution < 1.29 is 4.79 Å². The third-order valence-corrected chi connectivity index (χ3v) is 4.31. The Morgan fingerprint density at radius 3 is 2.92 bits per heavy atom. The number of hydrogen-bond donors (Lipinski definition) is 0. The van der Waals surface area contributed by atoms with E-state index >= 15 is 0 Å². The fraction of sp³-hybridized carbons (Fsp3) is 0.900. The number of fused-ring (bicyclic) bond motifs is 2. The van der Waals surface area contributed by atoms with E-state index in [1.807, 2.05) is 11.8 Å². The van der Waals surface area contributed by atoms with Gasteiger partial charge in [0.1, 0.15) is 5.78 Å². The molecule has 0 radical (unpaired) electrons. The minimum atomic E-state index is 0.439. The van der Waals surface area contributed by atoms with Crippen LogP contribution in [0.3, 0.4) is 0 Å². The van der Waals surface area contributed by atoms with Crippen molar-refractivity contribution in [3.05, 3.63) is 0 Å². The molecule has 2 fully saturated rings. The maximum Gasteiger partial charge on any atom is 0.140 e. The van der Waals surface area contributed by atoms with Gasteiger partial charge in [0.2, 0.25) is 0 Å². The normalized spacial score (nSPS) is 39.4. The van der Waals surface area contributed by atoms with Gasteiger partial charge < -0.3 is 0 Å². The van der Waals surface area contributed by atoms with E-state index in [9.17, 15) is 4.79 Å². The van der Waals surface area contributed by atoms with Gasteiger partial charge in [-0.15, -0.1) is 0 Å². The number of ketones is 1. The van der Waals surface area contributed by atoms with E-state index < -0.39 is 0 Å². The minimum Gasteiger partial charge on any atom is -0.299 e. The molecule has 3 atom stereocenters. The first-order valence-electron chi connectivity index (χ1n) is 4.94. The molecule has 2 aliphatic rings. The van der Waals surface area contributed by atoms with E-state index in [0.717, 1.165) is 17.4 Å². The molecule has 0 aliphatic heterocycles. The van der Waals surface area contributed by atoms with E-state index in [1.165, 1.54) is 19.3 Å². The summed E-state index contributed by atoms with van der Waals surface area (Å²) in [5.74, 6) is 4.51. The van der Waals surface area contributed by atoms with Gasteiger partial charge in [0.15, 0.2) is 0 Å². The molecule has 0 aromatic heterocycles. The summed E-state index contributed by atoms with van der Waals surface area (Å²) in [5.41, 5.74) is 0. The van der Waals surface area contributed by atoms with Crippen LogP contribution < -0.4 is 0 Å². The fourth-order valence-electron chi connectivity index (χ4n) is 2.64. The quantitative estimate of drug-likeness (QED) is 0.669. The van der Waals surface area contributed by atoms with E-state index in [1.54, 1.807) is 0 Å². The first-order valence-corrected chi connectivity index (χ1v) is 6.10. The highest BCUT2D eigenvalue weighted by atomic mass is 32.2. The monoisotopic (exact) mass is 184 g/mol. The largest absolute Gasteiger partial charge is 0.299 e. The maximum absolute atomic E-state index is 11.7. The molecule has 2 saturated carbocycles. The molecule has 2 rings (SSSR count). The molecule has 0 aromatic rings. The highest BCUT2D eigenvalue weighted by Gasteiger charge is 2.46. The smallest absolute Gasteiger partial charge is 0.140 e. The van der Waals surface area contributed by atoms with Crippen molar-refractivity contribution in [2.75, 3.05) is 11.5 Å². The number of carbonyl (C=O) groups excluding carboxylic acids is 1. The summed E-state index contributed by atoms with van der Waals surface area (Å²) in [7, 11) is 0. The Morgan fingerprint density at radius 2 is 2.33 bits per heavy atom. The molecule has 0 aromatic carbocycles. The summed E-state index contributed by atoms with van der Waals surface area (Å²) in [5, 5.41) is 0. The Balaban J connectivity index is 1.94. The fourth-order valence-corrected chi connectivity index (χ4v) is 3.56. The lowest BCUT2D eigenvalue weighted by atomic mass is 9.89. The molecule has 2 aliphatic carbocycles. The highest BCUT2D eigenvalue weighted by molar-refractivity contribution is 7.99. The van der Waals surface area contributed by atoms with E-state index in [4.69, 9.17) is 0 Å². The lowest BCUT2D eigenvalue weighted by Crippen LogP contribution is -2.24. The average molecular weight is 184 g/mol. The molecule has 0 saturated heterocycles. The van der Waals surface area contributed by atoms with Crippen molar-refractivity contribution in [1.82, 2.24) is 0 Å². The Kier molecular flexibility index (Phi) is 2.44. The zero-order chi connectivity index (χ0) is 8.55. The second-order valence-corrected chi connectivity index (χ2v) is 5.26. The second kappa shape index (κ2) is 3.41. The summed E-state index contributed by atoms with van der Waals surface area (Å²) >= 11 is 1.93. The third-order valence-electron chi connectivity index (χ3n) is 3.31. The summed E-state index contributed by atoms with van der Waals surface area (Å²) in [6.07, 6.45) is 3.73. The summed E-state index contributed by atoms with van der Waals surface area (Å²) < 4.78 is 0. The molecule has 0 heterocycles. The van der Waals surface area contributed by atoms with Crippen molar-refractivity contribution >= 4 is 17.5 Å². The van der Waals surface area contributed by atoms with Crippen LogP contribution in [-0.4, -0.2) is 17.3 Å². The van der Waals surface area contributed by atoms with E-state index in [0.29, 0.717) is 17.6 Å². The zero-order valence-corrected chi connectivity index (χ0v) is 8.40. The number of carbonyl (C=O) groups is 1. The van der Waals surface area contributed by atoms with Crippen LogP contribution in [0.5, 0.6) is 0 Å². The van der Waals surface area contributed by atoms with Gasteiger partial charge in [-0.2, -0.15) is 11.8 Å². The molecule has 0 amide bonds.